The first-order chi connectivity index (χ1) is 13.2. The number of ether oxygens (including phenoxy) is 1. The molecule has 1 aliphatic heterocycles. The molecule has 0 spiro atoms. The molecular weight excluding hydrogens is 457 g/mol. The van der Waals surface area contributed by atoms with E-state index < -0.39 is 0 Å². The number of halogens is 1. The van der Waals surface area contributed by atoms with Crippen LogP contribution in [0.1, 0.15) is 5.56 Å². The van der Waals surface area contributed by atoms with Crippen molar-refractivity contribution in [3.8, 4) is 5.82 Å². The van der Waals surface area contributed by atoms with Gasteiger partial charge in [0.2, 0.25) is 11.9 Å². The highest BCUT2D eigenvalue weighted by atomic mass is 127. The fourth-order valence-electron chi connectivity index (χ4n) is 3.04. The van der Waals surface area contributed by atoms with Gasteiger partial charge in [-0.2, -0.15) is 9.67 Å². The molecule has 1 fully saturated rings. The first kappa shape index (κ1) is 18.0. The first-order valence-electron chi connectivity index (χ1n) is 8.67. The van der Waals surface area contributed by atoms with Gasteiger partial charge in [0.15, 0.2) is 5.82 Å². The maximum absolute atomic E-state index is 5.99. The molecule has 0 atom stereocenters. The molecule has 9 heteroatoms. The number of alkyl halides is 1. The summed E-state index contributed by atoms with van der Waals surface area (Å²) in [5.41, 5.74) is 9.44. The molecule has 0 bridgehead atoms. The van der Waals surface area contributed by atoms with Crippen molar-refractivity contribution >= 4 is 45.9 Å². The number of rotatable bonds is 5. The van der Waals surface area contributed by atoms with Crippen LogP contribution in [0.3, 0.4) is 0 Å². The molecule has 0 aliphatic carbocycles. The van der Waals surface area contributed by atoms with Crippen molar-refractivity contribution in [1.82, 2.24) is 19.7 Å². The molecule has 1 aromatic carbocycles. The maximum atomic E-state index is 5.99. The quantitative estimate of drug-likeness (QED) is 0.431. The standard InChI is InChI=1S/C18H20IN7O/c19-12-13-11-14(4-5-15(13)25-7-9-27-10-8-25)22-18-23-17(20)26(24-18)16-3-1-2-6-21-16/h1-6,11H,7-10,12H2,(H3,20,22,23,24). The van der Waals surface area contributed by atoms with Gasteiger partial charge in [0.25, 0.3) is 0 Å². The van der Waals surface area contributed by atoms with Crippen LogP contribution >= 0.6 is 22.6 Å². The van der Waals surface area contributed by atoms with Crippen molar-refractivity contribution in [2.75, 3.05) is 42.3 Å². The second kappa shape index (κ2) is 8.09. The third-order valence-electron chi connectivity index (χ3n) is 4.33. The van der Waals surface area contributed by atoms with Gasteiger partial charge < -0.3 is 20.7 Å². The van der Waals surface area contributed by atoms with E-state index in [1.165, 1.54) is 15.9 Å². The summed E-state index contributed by atoms with van der Waals surface area (Å²) in [7, 11) is 0. The molecule has 140 valence electrons. The zero-order valence-corrected chi connectivity index (χ0v) is 16.8. The van der Waals surface area contributed by atoms with Gasteiger partial charge >= 0.3 is 0 Å². The van der Waals surface area contributed by atoms with Crippen LogP contribution in [0.2, 0.25) is 0 Å². The van der Waals surface area contributed by atoms with Crippen molar-refractivity contribution in [3.05, 3.63) is 48.2 Å². The molecule has 4 rings (SSSR count). The van der Waals surface area contributed by atoms with Gasteiger partial charge in [-0.15, -0.1) is 5.10 Å². The summed E-state index contributed by atoms with van der Waals surface area (Å²) in [6.45, 7) is 3.38. The SMILES string of the molecule is Nc1nc(Nc2ccc(N3CCOCC3)c(CI)c2)nn1-c1ccccn1. The van der Waals surface area contributed by atoms with Crippen molar-refractivity contribution in [2.24, 2.45) is 0 Å². The summed E-state index contributed by atoms with van der Waals surface area (Å²) in [5, 5.41) is 7.66. The van der Waals surface area contributed by atoms with Crippen molar-refractivity contribution in [3.63, 3.8) is 0 Å². The predicted octanol–water partition coefficient (Wildman–Crippen LogP) is 2.76. The van der Waals surface area contributed by atoms with Crippen molar-refractivity contribution in [1.29, 1.82) is 0 Å². The van der Waals surface area contributed by atoms with E-state index >= 15 is 0 Å². The lowest BCUT2D eigenvalue weighted by molar-refractivity contribution is 0.122. The lowest BCUT2D eigenvalue weighted by Crippen LogP contribution is -2.36. The Balaban J connectivity index is 1.56. The Kier molecular flexibility index (Phi) is 5.39. The van der Waals surface area contributed by atoms with Crippen LogP contribution in [0.25, 0.3) is 5.82 Å². The molecule has 27 heavy (non-hydrogen) atoms. The Hall–Kier alpha value is -2.40. The Labute approximate surface area is 170 Å². The Morgan fingerprint density at radius 2 is 2.04 bits per heavy atom. The normalized spacial score (nSPS) is 14.3. The van der Waals surface area contributed by atoms with Gasteiger partial charge in [-0.1, -0.05) is 28.7 Å². The zero-order valence-electron chi connectivity index (χ0n) is 14.7. The Bertz CT molecular complexity index is 909. The molecule has 0 saturated carbocycles. The van der Waals surface area contributed by atoms with Gasteiger partial charge in [-0.3, -0.25) is 0 Å². The van der Waals surface area contributed by atoms with E-state index in [1.54, 1.807) is 6.20 Å². The number of benzene rings is 1. The monoisotopic (exact) mass is 477 g/mol. The molecule has 0 radical (unpaired) electrons. The van der Waals surface area contributed by atoms with Gasteiger partial charge in [0.05, 0.1) is 13.2 Å². The van der Waals surface area contributed by atoms with Crippen LogP contribution in [0.5, 0.6) is 0 Å². The molecule has 0 amide bonds. The minimum absolute atomic E-state index is 0.287. The summed E-state index contributed by atoms with van der Waals surface area (Å²) in [4.78, 5) is 10.9. The third-order valence-corrected chi connectivity index (χ3v) is 5.15. The van der Waals surface area contributed by atoms with E-state index in [2.05, 4.69) is 60.0 Å². The largest absolute Gasteiger partial charge is 0.378 e. The molecule has 0 unspecified atom stereocenters. The van der Waals surface area contributed by atoms with E-state index in [4.69, 9.17) is 10.5 Å². The van der Waals surface area contributed by atoms with Crippen LogP contribution in [0, 0.1) is 0 Å². The second-order valence-corrected chi connectivity index (χ2v) is 6.86. The summed E-state index contributed by atoms with van der Waals surface area (Å²) in [6.07, 6.45) is 1.70. The number of aromatic nitrogens is 4. The molecule has 3 aromatic rings. The van der Waals surface area contributed by atoms with Gasteiger partial charge in [-0.25, -0.2) is 4.98 Å². The lowest BCUT2D eigenvalue weighted by atomic mass is 10.1. The number of hydrogen-bond acceptors (Lipinski definition) is 7. The number of pyridine rings is 1. The first-order valence-corrected chi connectivity index (χ1v) is 10.2. The number of nitrogens with two attached hydrogens (primary N) is 1. The highest BCUT2D eigenvalue weighted by molar-refractivity contribution is 14.1. The maximum Gasteiger partial charge on any atom is 0.248 e. The lowest BCUT2D eigenvalue weighted by Gasteiger charge is -2.30. The topological polar surface area (TPSA) is 94.1 Å². The van der Waals surface area contributed by atoms with Crippen LogP contribution in [-0.2, 0) is 9.16 Å². The molecule has 3 heterocycles. The fourth-order valence-corrected chi connectivity index (χ4v) is 3.65. The predicted molar refractivity (Wildman–Crippen MR) is 114 cm³/mol. The van der Waals surface area contributed by atoms with Gasteiger partial charge in [0, 0.05) is 35.1 Å². The third kappa shape index (κ3) is 3.98. The van der Waals surface area contributed by atoms with Gasteiger partial charge in [0.1, 0.15) is 0 Å². The van der Waals surface area contributed by atoms with E-state index in [-0.39, 0.29) is 5.95 Å². The minimum Gasteiger partial charge on any atom is -0.378 e. The Morgan fingerprint density at radius 3 is 2.78 bits per heavy atom. The van der Waals surface area contributed by atoms with E-state index in [9.17, 15) is 0 Å². The molecule has 8 nitrogen and oxygen atoms in total. The molecule has 1 aliphatic rings. The van der Waals surface area contributed by atoms with Crippen LogP contribution < -0.4 is 16.0 Å². The summed E-state index contributed by atoms with van der Waals surface area (Å²) in [6, 6.07) is 11.9. The number of nitrogens with one attached hydrogen (secondary N) is 1. The molecule has 1 saturated heterocycles. The smallest absolute Gasteiger partial charge is 0.248 e. The van der Waals surface area contributed by atoms with Crippen LogP contribution in [0.4, 0.5) is 23.3 Å². The number of hydrogen-bond donors (Lipinski definition) is 2. The number of nitrogens with zero attached hydrogens (tertiary/aromatic N) is 5. The highest BCUT2D eigenvalue weighted by Crippen LogP contribution is 2.28. The molecule has 2 aromatic heterocycles. The van der Waals surface area contributed by atoms with E-state index in [0.717, 1.165) is 36.4 Å². The second-order valence-electron chi connectivity index (χ2n) is 6.09. The average molecular weight is 477 g/mol. The van der Waals surface area contributed by atoms with Gasteiger partial charge in [-0.05, 0) is 35.9 Å². The Morgan fingerprint density at radius 1 is 1.19 bits per heavy atom. The number of nitrogen functional groups attached to an aromatic ring is 1. The van der Waals surface area contributed by atoms with Crippen molar-refractivity contribution in [2.45, 2.75) is 4.43 Å². The van der Waals surface area contributed by atoms with Crippen LogP contribution in [-0.4, -0.2) is 46.1 Å². The molecular formula is C18H20IN7O. The zero-order chi connectivity index (χ0) is 18.6. The average Bonchev–Trinajstić information content (AvgIpc) is 3.09. The van der Waals surface area contributed by atoms with Crippen molar-refractivity contribution < 1.29 is 4.74 Å². The fraction of sp³-hybridized carbons (Fsp3) is 0.278. The minimum atomic E-state index is 0.287. The van der Waals surface area contributed by atoms with E-state index in [0.29, 0.717) is 11.8 Å². The summed E-state index contributed by atoms with van der Waals surface area (Å²) >= 11 is 2.39. The summed E-state index contributed by atoms with van der Waals surface area (Å²) < 4.78 is 7.89. The van der Waals surface area contributed by atoms with E-state index in [1.807, 2.05) is 24.3 Å². The molecule has 3 N–H and O–H groups in total. The summed E-state index contributed by atoms with van der Waals surface area (Å²) in [5.74, 6) is 1.36. The van der Waals surface area contributed by atoms with Crippen LogP contribution in [0.15, 0.2) is 42.6 Å². The highest BCUT2D eigenvalue weighted by Gasteiger charge is 2.15. The number of morpholine rings is 1. The number of anilines is 4.